The number of alkyl halides is 7. The molecular formula is C39H40F8N8O2S. The van der Waals surface area contributed by atoms with Crippen LogP contribution in [0.5, 0.6) is 6.01 Å². The zero-order valence-corrected chi connectivity index (χ0v) is 32.8. The summed E-state index contributed by atoms with van der Waals surface area (Å²) in [5.41, 5.74) is -2.28. The van der Waals surface area contributed by atoms with Gasteiger partial charge in [-0.1, -0.05) is 6.07 Å². The summed E-state index contributed by atoms with van der Waals surface area (Å²) in [5, 5.41) is 8.57. The first kappa shape index (κ1) is 40.1. The highest BCUT2D eigenvalue weighted by molar-refractivity contribution is 7.23. The van der Waals surface area contributed by atoms with Gasteiger partial charge in [0, 0.05) is 54.5 Å². The summed E-state index contributed by atoms with van der Waals surface area (Å²) in [6.07, 6.45) is -10.3. The molecule has 4 aliphatic heterocycles. The van der Waals surface area contributed by atoms with Gasteiger partial charge in [0.15, 0.2) is 0 Å². The summed E-state index contributed by atoms with van der Waals surface area (Å²) in [6.45, 7) is 8.52. The number of fused-ring (bicyclic) bond motifs is 4. The van der Waals surface area contributed by atoms with E-state index in [0.29, 0.717) is 43.3 Å². The van der Waals surface area contributed by atoms with Crippen LogP contribution in [0.2, 0.25) is 0 Å². The van der Waals surface area contributed by atoms with Gasteiger partial charge in [0.25, 0.3) is 0 Å². The predicted molar refractivity (Wildman–Crippen MR) is 202 cm³/mol. The van der Waals surface area contributed by atoms with Gasteiger partial charge in [-0.3, -0.25) is 4.90 Å². The first-order valence-electron chi connectivity index (χ1n) is 19.0. The van der Waals surface area contributed by atoms with E-state index in [1.165, 1.54) is 0 Å². The maximum atomic E-state index is 15.8. The second-order valence-electron chi connectivity index (χ2n) is 16.6. The second kappa shape index (κ2) is 13.7. The zero-order valence-electron chi connectivity index (χ0n) is 32.0. The lowest BCUT2D eigenvalue weighted by Gasteiger charge is -2.34. The number of halogens is 8. The number of carbonyl (C=O) groups is 1. The SMILES string of the molecule is CCN(c1nc(OCC23CCCN2CC(F)C3)nc2c(C(F)(F)F)c(-c3ccc(F)c4sc(N)c(C#N)c34)c(C(F)(F)F)cc12)C1CC2CN(C(C)(C)C)C(=O)N2C1. The molecule has 310 valence electrons. The number of ether oxygens (including phenoxy) is 1. The highest BCUT2D eigenvalue weighted by atomic mass is 32.1. The Morgan fingerprint density at radius 3 is 2.48 bits per heavy atom. The van der Waals surface area contributed by atoms with Crippen LogP contribution in [0.4, 0.5) is 50.7 Å². The molecule has 6 heterocycles. The van der Waals surface area contributed by atoms with Crippen LogP contribution < -0.4 is 15.4 Å². The van der Waals surface area contributed by atoms with Gasteiger partial charge in [-0.25, -0.2) is 13.6 Å². The van der Waals surface area contributed by atoms with Crippen molar-refractivity contribution in [2.75, 3.05) is 50.0 Å². The molecule has 2 N–H and O–H groups in total. The number of anilines is 2. The van der Waals surface area contributed by atoms with Crippen LogP contribution in [0.3, 0.4) is 0 Å². The lowest BCUT2D eigenvalue weighted by molar-refractivity contribution is -0.141. The van der Waals surface area contributed by atoms with Crippen molar-refractivity contribution < 1.29 is 44.7 Å². The van der Waals surface area contributed by atoms with Gasteiger partial charge in [0.1, 0.15) is 35.5 Å². The first-order valence-corrected chi connectivity index (χ1v) is 19.8. The van der Waals surface area contributed by atoms with Crippen molar-refractivity contribution in [1.29, 1.82) is 5.26 Å². The molecule has 4 fully saturated rings. The number of nitrogens with zero attached hydrogens (tertiary/aromatic N) is 7. The third kappa shape index (κ3) is 6.41. The lowest BCUT2D eigenvalue weighted by atomic mass is 9.88. The Morgan fingerprint density at radius 2 is 1.84 bits per heavy atom. The highest BCUT2D eigenvalue weighted by Crippen LogP contribution is 2.53. The van der Waals surface area contributed by atoms with Crippen LogP contribution in [-0.2, 0) is 12.4 Å². The molecular weight excluding hydrogens is 797 g/mol. The monoisotopic (exact) mass is 836 g/mol. The third-order valence-electron chi connectivity index (χ3n) is 12.1. The number of hydrogen-bond acceptors (Lipinski definition) is 9. The topological polar surface area (TPSA) is 115 Å². The minimum atomic E-state index is -5.52. The van der Waals surface area contributed by atoms with Crippen molar-refractivity contribution in [3.63, 3.8) is 0 Å². The van der Waals surface area contributed by atoms with E-state index in [1.54, 1.807) is 27.7 Å². The van der Waals surface area contributed by atoms with Gasteiger partial charge in [0.05, 0.1) is 44.5 Å². The molecule has 0 saturated carbocycles. The molecule has 4 unspecified atom stereocenters. The Bertz CT molecular complexity index is 2370. The number of rotatable bonds is 7. The minimum Gasteiger partial charge on any atom is -0.461 e. The molecule has 2 amide bonds. The van der Waals surface area contributed by atoms with Gasteiger partial charge in [-0.15, -0.1) is 11.3 Å². The molecule has 4 aromatic rings. The number of aromatic nitrogens is 2. The fourth-order valence-corrected chi connectivity index (χ4v) is 10.5. The number of hydrogen-bond donors (Lipinski definition) is 1. The summed E-state index contributed by atoms with van der Waals surface area (Å²) in [6, 6.07) is 2.17. The van der Waals surface area contributed by atoms with E-state index in [4.69, 9.17) is 10.5 Å². The molecule has 0 spiro atoms. The molecule has 2 aromatic carbocycles. The van der Waals surface area contributed by atoms with E-state index in [-0.39, 0.29) is 60.3 Å². The quantitative estimate of drug-likeness (QED) is 0.184. The van der Waals surface area contributed by atoms with E-state index in [9.17, 15) is 14.4 Å². The summed E-state index contributed by atoms with van der Waals surface area (Å²) in [7, 11) is 0. The standard InChI is InChI=1S/C39H40F8N8O2S/c1-5-53(20-11-21-17-55(36(2,3)4)35(56)54(21)16-20)33-23-12-25(38(42,43)44)28(22-7-8-26(41)31-27(22)24(14-48)32(49)58-31)29(39(45,46)47)30(23)50-34(51-33)57-18-37-9-6-10-52(37)15-19(40)13-37/h7-8,12,19-21H,5-6,9-11,13,15-18,49H2,1-4H3. The normalized spacial score (nSPS) is 24.0. The zero-order chi connectivity index (χ0) is 41.9. The Labute approximate surface area is 332 Å². The summed E-state index contributed by atoms with van der Waals surface area (Å²) < 4.78 is 129. The third-order valence-corrected chi connectivity index (χ3v) is 13.1. The number of likely N-dealkylation sites (N-methyl/N-ethyl adjacent to an activating group) is 1. The van der Waals surface area contributed by atoms with E-state index < -0.39 is 91.6 Å². The van der Waals surface area contributed by atoms with Crippen molar-refractivity contribution in [2.45, 2.75) is 95.1 Å². The summed E-state index contributed by atoms with van der Waals surface area (Å²) in [5.74, 6) is -1.25. The number of thiophene rings is 1. The van der Waals surface area contributed by atoms with E-state index in [1.807, 2.05) is 25.7 Å². The molecule has 0 aliphatic carbocycles. The second-order valence-corrected chi connectivity index (χ2v) is 17.6. The smallest absolute Gasteiger partial charge is 0.419 e. The lowest BCUT2D eigenvalue weighted by Crippen LogP contribution is -2.47. The van der Waals surface area contributed by atoms with Crippen LogP contribution in [0.25, 0.3) is 32.1 Å². The first-order chi connectivity index (χ1) is 27.2. The number of nitrogens with two attached hydrogens (primary N) is 1. The molecule has 2 aromatic heterocycles. The van der Waals surface area contributed by atoms with Crippen molar-refractivity contribution in [1.82, 2.24) is 24.7 Å². The molecule has 10 nitrogen and oxygen atoms in total. The van der Waals surface area contributed by atoms with Crippen LogP contribution >= 0.6 is 11.3 Å². The highest BCUT2D eigenvalue weighted by Gasteiger charge is 2.51. The van der Waals surface area contributed by atoms with Gasteiger partial charge < -0.3 is 25.2 Å². The molecule has 0 radical (unpaired) electrons. The largest absolute Gasteiger partial charge is 0.461 e. The molecule has 8 rings (SSSR count). The summed E-state index contributed by atoms with van der Waals surface area (Å²) >= 11 is 0.533. The van der Waals surface area contributed by atoms with E-state index in [0.717, 1.165) is 18.6 Å². The average Bonchev–Trinajstić information content (AvgIpc) is 3.93. The van der Waals surface area contributed by atoms with Gasteiger partial charge in [-0.05, 0) is 71.2 Å². The van der Waals surface area contributed by atoms with Crippen LogP contribution in [0.15, 0.2) is 18.2 Å². The molecule has 19 heteroatoms. The van der Waals surface area contributed by atoms with Crippen molar-refractivity contribution in [2.24, 2.45) is 0 Å². The number of amides is 2. The Balaban J connectivity index is 1.37. The van der Waals surface area contributed by atoms with Crippen molar-refractivity contribution in [3.8, 4) is 23.2 Å². The summed E-state index contributed by atoms with van der Waals surface area (Å²) in [4.78, 5) is 29.2. The average molecular weight is 837 g/mol. The van der Waals surface area contributed by atoms with Crippen LogP contribution in [0, 0.1) is 17.1 Å². The van der Waals surface area contributed by atoms with Crippen molar-refractivity contribution >= 4 is 49.2 Å². The number of urea groups is 1. The Morgan fingerprint density at radius 1 is 1.10 bits per heavy atom. The van der Waals surface area contributed by atoms with Gasteiger partial charge in [-0.2, -0.15) is 41.6 Å². The predicted octanol–water partition coefficient (Wildman–Crippen LogP) is 8.60. The van der Waals surface area contributed by atoms with Crippen LogP contribution in [-0.4, -0.2) is 99.4 Å². The molecule has 58 heavy (non-hydrogen) atoms. The van der Waals surface area contributed by atoms with Crippen LogP contribution in [0.1, 0.15) is 70.1 Å². The Hall–Kier alpha value is -4.70. The number of nitrogen functional groups attached to an aromatic ring is 1. The molecule has 4 saturated heterocycles. The number of carbonyl (C=O) groups excluding carboxylic acids is 1. The minimum absolute atomic E-state index is 0.0674. The Kier molecular flexibility index (Phi) is 9.46. The maximum Gasteiger partial charge on any atom is 0.419 e. The van der Waals surface area contributed by atoms with Crippen molar-refractivity contribution in [3.05, 3.63) is 40.7 Å². The van der Waals surface area contributed by atoms with E-state index in [2.05, 4.69) is 9.97 Å². The molecule has 4 atom stereocenters. The fourth-order valence-electron chi connectivity index (χ4n) is 9.56. The fraction of sp³-hybridized carbons (Fsp3) is 0.538. The number of benzene rings is 2. The molecule has 0 bridgehead atoms. The maximum absolute atomic E-state index is 15.8. The van der Waals surface area contributed by atoms with E-state index >= 15 is 30.7 Å². The van der Waals surface area contributed by atoms with Gasteiger partial charge >= 0.3 is 24.4 Å². The van der Waals surface area contributed by atoms with Gasteiger partial charge in [0.2, 0.25) is 0 Å². The molecule has 4 aliphatic rings. The number of nitriles is 1.